The second kappa shape index (κ2) is 8.16. The van der Waals surface area contributed by atoms with E-state index in [1.54, 1.807) is 4.90 Å². The largest absolute Gasteiger partial charge is 0.433 e. The van der Waals surface area contributed by atoms with E-state index >= 15 is 0 Å². The normalized spacial score (nSPS) is 15.7. The quantitative estimate of drug-likeness (QED) is 0.877. The van der Waals surface area contributed by atoms with Gasteiger partial charge in [0.2, 0.25) is 5.91 Å². The molecule has 1 saturated heterocycles. The number of piperidine rings is 1. The molecule has 1 N–H and O–H groups in total. The van der Waals surface area contributed by atoms with Crippen LogP contribution in [0.2, 0.25) is 0 Å². The van der Waals surface area contributed by atoms with E-state index in [0.717, 1.165) is 12.1 Å². The van der Waals surface area contributed by atoms with E-state index in [1.165, 1.54) is 7.11 Å². The van der Waals surface area contributed by atoms with Gasteiger partial charge in [-0.2, -0.15) is 18.4 Å². The van der Waals surface area contributed by atoms with Crippen LogP contribution in [-0.4, -0.2) is 48.6 Å². The lowest BCUT2D eigenvalue weighted by atomic mass is 10.0. The lowest BCUT2D eigenvalue weighted by Crippen LogP contribution is -2.42. The Bertz CT molecular complexity index is 650. The Labute approximate surface area is 143 Å². The second-order valence-electron chi connectivity index (χ2n) is 5.74. The molecule has 1 aromatic rings. The molecule has 0 radical (unpaired) electrons. The zero-order valence-electron chi connectivity index (χ0n) is 13.8. The molecule has 136 valence electrons. The van der Waals surface area contributed by atoms with E-state index in [-0.39, 0.29) is 23.3 Å². The van der Waals surface area contributed by atoms with Gasteiger partial charge in [0.15, 0.2) is 0 Å². The van der Waals surface area contributed by atoms with E-state index < -0.39 is 11.9 Å². The number of hydrogen-bond acceptors (Lipinski definition) is 5. The molecule has 6 nitrogen and oxygen atoms in total. The average molecular weight is 356 g/mol. The Balaban J connectivity index is 2.00. The van der Waals surface area contributed by atoms with Crippen LogP contribution >= 0.6 is 0 Å². The zero-order chi connectivity index (χ0) is 18.4. The Morgan fingerprint density at radius 3 is 2.68 bits per heavy atom. The molecule has 1 aromatic heterocycles. The third kappa shape index (κ3) is 5.06. The van der Waals surface area contributed by atoms with Crippen molar-refractivity contribution in [2.45, 2.75) is 31.5 Å². The molecule has 1 aliphatic rings. The molecule has 9 heteroatoms. The van der Waals surface area contributed by atoms with E-state index in [2.05, 4.69) is 10.3 Å². The van der Waals surface area contributed by atoms with Crippen LogP contribution in [-0.2, 0) is 15.7 Å². The summed E-state index contributed by atoms with van der Waals surface area (Å²) in [6.07, 6.45) is -3.12. The number of amides is 1. The highest BCUT2D eigenvalue weighted by Gasteiger charge is 2.33. The number of alkyl halides is 3. The Morgan fingerprint density at radius 1 is 1.44 bits per heavy atom. The molecule has 1 aliphatic heterocycles. The number of anilines is 1. The number of rotatable bonds is 5. The predicted molar refractivity (Wildman–Crippen MR) is 83.7 cm³/mol. The first-order valence-electron chi connectivity index (χ1n) is 7.86. The number of aromatic nitrogens is 1. The molecule has 0 atom stereocenters. The fourth-order valence-electron chi connectivity index (χ4n) is 2.63. The van der Waals surface area contributed by atoms with Crippen molar-refractivity contribution in [3.8, 4) is 6.07 Å². The van der Waals surface area contributed by atoms with Crippen LogP contribution in [0.4, 0.5) is 19.0 Å². The third-order valence-electron chi connectivity index (χ3n) is 4.01. The predicted octanol–water partition coefficient (Wildman–Crippen LogP) is 2.41. The summed E-state index contributed by atoms with van der Waals surface area (Å²) >= 11 is 0. The van der Waals surface area contributed by atoms with Crippen LogP contribution in [0.5, 0.6) is 0 Å². The maximum absolute atomic E-state index is 12.8. The number of carbonyl (C=O) groups is 1. The highest BCUT2D eigenvalue weighted by atomic mass is 19.4. The number of nitriles is 1. The molecule has 2 heterocycles. The number of carbonyl (C=O) groups excluding carboxylic acids is 1. The first-order valence-corrected chi connectivity index (χ1v) is 7.86. The highest BCUT2D eigenvalue weighted by molar-refractivity contribution is 5.76. The first-order chi connectivity index (χ1) is 11.8. The molecule has 2 rings (SSSR count). The SMILES string of the molecule is COCCC(=O)N1CCC(Nc2nc(C(F)(F)F)ccc2C#N)CC1. The number of likely N-dealkylation sites (tertiary alicyclic amines) is 1. The number of pyridine rings is 1. The van der Waals surface area contributed by atoms with E-state index in [4.69, 9.17) is 10.00 Å². The van der Waals surface area contributed by atoms with Crippen molar-refractivity contribution >= 4 is 11.7 Å². The summed E-state index contributed by atoms with van der Waals surface area (Å²) in [7, 11) is 1.53. The lowest BCUT2D eigenvalue weighted by Gasteiger charge is -2.33. The molecular weight excluding hydrogens is 337 g/mol. The summed E-state index contributed by atoms with van der Waals surface area (Å²) in [6.45, 7) is 1.36. The summed E-state index contributed by atoms with van der Waals surface area (Å²) in [6, 6.07) is 3.60. The van der Waals surface area contributed by atoms with Gasteiger partial charge >= 0.3 is 6.18 Å². The van der Waals surface area contributed by atoms with Gasteiger partial charge in [0.1, 0.15) is 17.6 Å². The molecule has 0 aliphatic carbocycles. The molecule has 25 heavy (non-hydrogen) atoms. The van der Waals surface area contributed by atoms with Gasteiger partial charge in [-0.05, 0) is 25.0 Å². The number of hydrogen-bond donors (Lipinski definition) is 1. The van der Waals surface area contributed by atoms with E-state index in [1.807, 2.05) is 6.07 Å². The van der Waals surface area contributed by atoms with Crippen molar-refractivity contribution < 1.29 is 22.7 Å². The van der Waals surface area contributed by atoms with Crippen LogP contribution in [0.15, 0.2) is 12.1 Å². The van der Waals surface area contributed by atoms with Gasteiger partial charge in [0.25, 0.3) is 0 Å². The number of nitrogens with one attached hydrogen (secondary N) is 1. The van der Waals surface area contributed by atoms with Crippen LogP contribution in [0.25, 0.3) is 0 Å². The molecule has 0 saturated carbocycles. The molecule has 0 bridgehead atoms. The maximum Gasteiger partial charge on any atom is 0.433 e. The van der Waals surface area contributed by atoms with Crippen molar-refractivity contribution in [2.75, 3.05) is 32.1 Å². The summed E-state index contributed by atoms with van der Waals surface area (Å²) in [5.41, 5.74) is -0.979. The zero-order valence-corrected chi connectivity index (χ0v) is 13.8. The van der Waals surface area contributed by atoms with Gasteiger partial charge in [-0.3, -0.25) is 4.79 Å². The fourth-order valence-corrected chi connectivity index (χ4v) is 2.63. The molecule has 0 spiro atoms. The van der Waals surface area contributed by atoms with Crippen LogP contribution in [0, 0.1) is 11.3 Å². The molecule has 0 unspecified atom stereocenters. The Morgan fingerprint density at radius 2 is 2.12 bits per heavy atom. The van der Waals surface area contributed by atoms with Crippen LogP contribution in [0.3, 0.4) is 0 Å². The molecular formula is C16H19F3N4O2. The van der Waals surface area contributed by atoms with Crippen molar-refractivity contribution in [1.82, 2.24) is 9.88 Å². The second-order valence-corrected chi connectivity index (χ2v) is 5.74. The van der Waals surface area contributed by atoms with Gasteiger partial charge in [-0.25, -0.2) is 4.98 Å². The van der Waals surface area contributed by atoms with E-state index in [0.29, 0.717) is 39.0 Å². The lowest BCUT2D eigenvalue weighted by molar-refractivity contribution is -0.141. The maximum atomic E-state index is 12.8. The fraction of sp³-hybridized carbons (Fsp3) is 0.562. The minimum atomic E-state index is -4.57. The summed E-state index contributed by atoms with van der Waals surface area (Å²) < 4.78 is 43.3. The molecule has 1 amide bonds. The minimum absolute atomic E-state index is 0.00444. The summed E-state index contributed by atoms with van der Waals surface area (Å²) in [5.74, 6) is -0.0725. The van der Waals surface area contributed by atoms with Crippen molar-refractivity contribution in [3.63, 3.8) is 0 Å². The van der Waals surface area contributed by atoms with Crippen LogP contribution in [0.1, 0.15) is 30.5 Å². The molecule has 0 aromatic carbocycles. The number of nitrogens with zero attached hydrogens (tertiary/aromatic N) is 3. The Hall–Kier alpha value is -2.34. The van der Waals surface area contributed by atoms with Crippen molar-refractivity contribution in [3.05, 3.63) is 23.4 Å². The topological polar surface area (TPSA) is 78.2 Å². The number of halogens is 3. The average Bonchev–Trinajstić information content (AvgIpc) is 2.59. The smallest absolute Gasteiger partial charge is 0.384 e. The number of ether oxygens (including phenoxy) is 1. The Kier molecular flexibility index (Phi) is 6.20. The number of methoxy groups -OCH3 is 1. The van der Waals surface area contributed by atoms with Gasteiger partial charge < -0.3 is 15.0 Å². The van der Waals surface area contributed by atoms with Crippen LogP contribution < -0.4 is 5.32 Å². The van der Waals surface area contributed by atoms with Crippen molar-refractivity contribution in [2.24, 2.45) is 0 Å². The monoisotopic (exact) mass is 356 g/mol. The van der Waals surface area contributed by atoms with Gasteiger partial charge in [-0.1, -0.05) is 0 Å². The van der Waals surface area contributed by atoms with Gasteiger partial charge in [0.05, 0.1) is 18.6 Å². The van der Waals surface area contributed by atoms with Gasteiger partial charge in [-0.15, -0.1) is 0 Å². The highest BCUT2D eigenvalue weighted by Crippen LogP contribution is 2.30. The van der Waals surface area contributed by atoms with E-state index in [9.17, 15) is 18.0 Å². The van der Waals surface area contributed by atoms with Crippen molar-refractivity contribution in [1.29, 1.82) is 5.26 Å². The summed E-state index contributed by atoms with van der Waals surface area (Å²) in [5, 5.41) is 12.0. The molecule has 1 fully saturated rings. The summed E-state index contributed by atoms with van der Waals surface area (Å²) in [4.78, 5) is 17.2. The van der Waals surface area contributed by atoms with Gasteiger partial charge in [0, 0.05) is 26.2 Å². The first kappa shape index (κ1) is 19.0. The third-order valence-corrected chi connectivity index (χ3v) is 4.01. The minimum Gasteiger partial charge on any atom is -0.384 e. The standard InChI is InChI=1S/C16H19F3N4O2/c1-25-9-6-14(24)23-7-4-12(5-8-23)21-15-11(10-20)2-3-13(22-15)16(17,18)19/h2-3,12H,4-9H2,1H3,(H,21,22).